The fourth-order valence-electron chi connectivity index (χ4n) is 4.96. The number of carbonyl (C=O) groups is 1. The van der Waals surface area contributed by atoms with Crippen molar-refractivity contribution in [2.24, 2.45) is 0 Å². The highest BCUT2D eigenvalue weighted by atomic mass is 32.2. The van der Waals surface area contributed by atoms with Gasteiger partial charge in [0.05, 0.1) is 18.4 Å². The van der Waals surface area contributed by atoms with Crippen LogP contribution < -0.4 is 0 Å². The molecule has 1 heterocycles. The van der Waals surface area contributed by atoms with Crippen molar-refractivity contribution < 1.29 is 40.4 Å². The third-order valence-corrected chi connectivity index (χ3v) is 7.36. The van der Waals surface area contributed by atoms with Crippen molar-refractivity contribution in [2.75, 3.05) is 12.9 Å². The molecular weight excluding hydrogens is 566 g/mol. The zero-order valence-corrected chi connectivity index (χ0v) is 23.3. The Hall–Kier alpha value is -3.96. The summed E-state index contributed by atoms with van der Waals surface area (Å²) < 4.78 is 76.9. The predicted octanol–water partition coefficient (Wildman–Crippen LogP) is 5.56. The van der Waals surface area contributed by atoms with Crippen LogP contribution in [0.25, 0.3) is 0 Å². The van der Waals surface area contributed by atoms with Gasteiger partial charge in [0.15, 0.2) is 6.10 Å². The lowest BCUT2D eigenvalue weighted by Crippen LogP contribution is -2.46. The van der Waals surface area contributed by atoms with Crippen molar-refractivity contribution in [2.45, 2.75) is 30.0 Å². The lowest BCUT2D eigenvalue weighted by atomic mass is 9.80. The Labute approximate surface area is 242 Å². The van der Waals surface area contributed by atoms with Crippen molar-refractivity contribution >= 4 is 16.1 Å². The van der Waals surface area contributed by atoms with E-state index in [1.165, 1.54) is 12.1 Å². The number of benzene rings is 4. The largest absolute Gasteiger partial charge is 0.449 e. The molecule has 1 aliphatic heterocycles. The summed E-state index contributed by atoms with van der Waals surface area (Å²) in [5, 5.41) is 0. The van der Waals surface area contributed by atoms with Crippen LogP contribution in [0.15, 0.2) is 121 Å². The monoisotopic (exact) mass is 594 g/mol. The van der Waals surface area contributed by atoms with Gasteiger partial charge in [0.1, 0.15) is 11.7 Å². The van der Waals surface area contributed by atoms with Gasteiger partial charge in [0.25, 0.3) is 10.1 Å². The predicted molar refractivity (Wildman–Crippen MR) is 150 cm³/mol. The summed E-state index contributed by atoms with van der Waals surface area (Å²) in [5.74, 6) is -5.06. The summed E-state index contributed by atoms with van der Waals surface area (Å²) in [6.07, 6.45) is -5.73. The number of rotatable bonds is 10. The Morgan fingerprint density at radius 1 is 0.786 bits per heavy atom. The van der Waals surface area contributed by atoms with E-state index in [4.69, 9.17) is 14.2 Å². The average molecular weight is 595 g/mol. The number of hydrogen-bond donors (Lipinski definition) is 0. The van der Waals surface area contributed by atoms with Gasteiger partial charge in [-0.3, -0.25) is 0 Å². The second-order valence-electron chi connectivity index (χ2n) is 9.76. The number of halogens is 2. The van der Waals surface area contributed by atoms with E-state index in [-0.39, 0.29) is 5.56 Å². The molecule has 3 atom stereocenters. The molecule has 1 fully saturated rings. The van der Waals surface area contributed by atoms with Crippen LogP contribution in [0.1, 0.15) is 27.0 Å². The summed E-state index contributed by atoms with van der Waals surface area (Å²) in [7, 11) is -4.36. The van der Waals surface area contributed by atoms with Gasteiger partial charge in [0, 0.05) is 0 Å². The lowest BCUT2D eigenvalue weighted by molar-refractivity contribution is -0.184. The molecule has 0 N–H and O–H groups in total. The quantitative estimate of drug-likeness (QED) is 0.135. The Morgan fingerprint density at radius 3 is 1.64 bits per heavy atom. The molecule has 0 amide bonds. The first-order valence-corrected chi connectivity index (χ1v) is 14.9. The Kier molecular flexibility index (Phi) is 8.51. The van der Waals surface area contributed by atoms with Crippen LogP contribution in [0.3, 0.4) is 0 Å². The first kappa shape index (κ1) is 29.5. The van der Waals surface area contributed by atoms with Gasteiger partial charge in [-0.2, -0.15) is 17.2 Å². The third kappa shape index (κ3) is 6.12. The summed E-state index contributed by atoms with van der Waals surface area (Å²) in [6.45, 7) is -0.523. The van der Waals surface area contributed by atoms with Crippen LogP contribution >= 0.6 is 0 Å². The third-order valence-electron chi connectivity index (χ3n) is 6.84. The van der Waals surface area contributed by atoms with E-state index < -0.39 is 52.7 Å². The summed E-state index contributed by atoms with van der Waals surface area (Å²) >= 11 is 0. The van der Waals surface area contributed by atoms with Gasteiger partial charge >= 0.3 is 11.9 Å². The molecule has 0 spiro atoms. The highest BCUT2D eigenvalue weighted by Gasteiger charge is 2.63. The van der Waals surface area contributed by atoms with Crippen molar-refractivity contribution in [3.8, 4) is 0 Å². The van der Waals surface area contributed by atoms with E-state index in [2.05, 4.69) is 4.18 Å². The van der Waals surface area contributed by atoms with Gasteiger partial charge in [0.2, 0.25) is 6.29 Å². The Bertz CT molecular complexity index is 1490. The minimum absolute atomic E-state index is 0.0349. The molecule has 0 aromatic heterocycles. The minimum Gasteiger partial charge on any atom is -0.449 e. The van der Waals surface area contributed by atoms with Crippen molar-refractivity contribution in [3.63, 3.8) is 0 Å². The van der Waals surface area contributed by atoms with Crippen LogP contribution in [0, 0.1) is 0 Å². The van der Waals surface area contributed by atoms with Crippen molar-refractivity contribution in [1.82, 2.24) is 0 Å². The molecule has 7 nitrogen and oxygen atoms in total. The van der Waals surface area contributed by atoms with Gasteiger partial charge in [-0.15, -0.1) is 0 Å². The maximum absolute atomic E-state index is 15.7. The smallest absolute Gasteiger partial charge is 0.338 e. The van der Waals surface area contributed by atoms with E-state index in [9.17, 15) is 13.2 Å². The number of esters is 1. The summed E-state index contributed by atoms with van der Waals surface area (Å²) in [5.41, 5.74) is 0.844. The van der Waals surface area contributed by atoms with Gasteiger partial charge in [-0.25, -0.2) is 8.98 Å². The minimum atomic E-state index is -4.36. The van der Waals surface area contributed by atoms with Gasteiger partial charge < -0.3 is 14.2 Å². The molecule has 218 valence electrons. The number of alkyl halides is 2. The Balaban J connectivity index is 1.56. The van der Waals surface area contributed by atoms with E-state index in [1.807, 2.05) is 91.0 Å². The second kappa shape index (κ2) is 12.1. The zero-order valence-electron chi connectivity index (χ0n) is 22.5. The van der Waals surface area contributed by atoms with Crippen LogP contribution in [-0.2, 0) is 34.1 Å². The topological polar surface area (TPSA) is 88.1 Å². The number of carbonyl (C=O) groups excluding carboxylic acids is 1. The Morgan fingerprint density at radius 2 is 1.21 bits per heavy atom. The standard InChI is InChI=1S/C32H28F2O7S/c1-42(36,37)41-30-32(33,34)28(40-29(35)23-14-6-2-7-15-23)27(39-30)22-38-31(24-16-8-3-9-17-24,25-18-10-4-11-19-25)26-20-12-5-13-21-26/h2-21,27-28,30H,22H2,1H3/t27-,28+,30?/m0/s1. The van der Waals surface area contributed by atoms with Crippen LogP contribution in [0.5, 0.6) is 0 Å². The zero-order chi connectivity index (χ0) is 29.8. The number of ether oxygens (including phenoxy) is 3. The average Bonchev–Trinajstić information content (AvgIpc) is 3.22. The molecule has 1 unspecified atom stereocenters. The van der Waals surface area contributed by atoms with E-state index in [0.717, 1.165) is 0 Å². The highest BCUT2D eigenvalue weighted by Crippen LogP contribution is 2.44. The first-order chi connectivity index (χ1) is 20.1. The first-order valence-electron chi connectivity index (χ1n) is 13.1. The normalized spacial score (nSPS) is 20.2. The fraction of sp³-hybridized carbons (Fsp3) is 0.219. The van der Waals surface area contributed by atoms with Crippen LogP contribution in [0.4, 0.5) is 8.78 Å². The molecule has 10 heteroatoms. The molecule has 42 heavy (non-hydrogen) atoms. The maximum Gasteiger partial charge on any atom is 0.338 e. The molecule has 0 saturated carbocycles. The van der Waals surface area contributed by atoms with Crippen molar-refractivity contribution in [1.29, 1.82) is 0 Å². The maximum atomic E-state index is 15.7. The molecule has 1 aliphatic rings. The summed E-state index contributed by atoms with van der Waals surface area (Å²) in [6, 6.07) is 35.3. The van der Waals surface area contributed by atoms with E-state index in [0.29, 0.717) is 22.9 Å². The molecule has 0 radical (unpaired) electrons. The van der Waals surface area contributed by atoms with E-state index >= 15 is 8.78 Å². The molecule has 4 aromatic carbocycles. The fourth-order valence-corrected chi connectivity index (χ4v) is 5.45. The van der Waals surface area contributed by atoms with E-state index in [1.54, 1.807) is 18.2 Å². The van der Waals surface area contributed by atoms with Crippen LogP contribution in [-0.4, -0.2) is 51.7 Å². The second-order valence-corrected chi connectivity index (χ2v) is 11.4. The molecule has 1 saturated heterocycles. The molecule has 4 aromatic rings. The molecule has 0 bridgehead atoms. The summed E-state index contributed by atoms with van der Waals surface area (Å²) in [4.78, 5) is 12.9. The van der Waals surface area contributed by atoms with Gasteiger partial charge in [-0.1, -0.05) is 109 Å². The van der Waals surface area contributed by atoms with Crippen LogP contribution in [0.2, 0.25) is 0 Å². The van der Waals surface area contributed by atoms with Crippen molar-refractivity contribution in [3.05, 3.63) is 144 Å². The molecular formula is C32H28F2O7S. The molecule has 5 rings (SSSR count). The lowest BCUT2D eigenvalue weighted by Gasteiger charge is -2.37. The molecule has 0 aliphatic carbocycles. The SMILES string of the molecule is CS(=O)(=O)OC1O[C@@H](COC(c2ccccc2)(c2ccccc2)c2ccccc2)[C@@H](OC(=O)c2ccccc2)C1(F)F. The number of hydrogen-bond acceptors (Lipinski definition) is 7. The van der Waals surface area contributed by atoms with Gasteiger partial charge in [-0.05, 0) is 28.8 Å². The highest BCUT2D eigenvalue weighted by molar-refractivity contribution is 7.86.